The number of nitrogens with zero attached hydrogens (tertiary/aromatic N) is 3. The third-order valence-electron chi connectivity index (χ3n) is 5.68. The molecule has 0 radical (unpaired) electrons. The summed E-state index contributed by atoms with van der Waals surface area (Å²) < 4.78 is 0. The maximum atomic E-state index is 12.6. The molecule has 27 heavy (non-hydrogen) atoms. The second kappa shape index (κ2) is 9.19. The summed E-state index contributed by atoms with van der Waals surface area (Å²) in [5, 5.41) is 12.2. The summed E-state index contributed by atoms with van der Waals surface area (Å²) >= 11 is 0. The fourth-order valence-corrected chi connectivity index (χ4v) is 3.91. The standard InChI is InChI=1S/C20H30N4O3/c1-22-11-13-23(14-12-22)17-7-9-24(10-8-17)20(27)21-18(19(25)26)15-16-5-3-2-4-6-16/h2-6,17-18H,7-15H2,1H3,(H,21,27)(H,25,26)/t18-/m0/s1. The van der Waals surface area contributed by atoms with Crippen LogP contribution in [0.4, 0.5) is 4.79 Å². The highest BCUT2D eigenvalue weighted by atomic mass is 16.4. The summed E-state index contributed by atoms with van der Waals surface area (Å²) in [6.45, 7) is 5.74. The van der Waals surface area contributed by atoms with Crippen molar-refractivity contribution in [2.24, 2.45) is 0 Å². The Morgan fingerprint density at radius 1 is 1.07 bits per heavy atom. The highest BCUT2D eigenvalue weighted by Crippen LogP contribution is 2.18. The van der Waals surface area contributed by atoms with Crippen LogP contribution in [-0.4, -0.2) is 90.2 Å². The molecule has 0 aromatic heterocycles. The maximum absolute atomic E-state index is 12.6. The number of urea groups is 1. The van der Waals surface area contributed by atoms with Crippen molar-refractivity contribution in [1.82, 2.24) is 20.0 Å². The van der Waals surface area contributed by atoms with Crippen molar-refractivity contribution < 1.29 is 14.7 Å². The van der Waals surface area contributed by atoms with Gasteiger partial charge < -0.3 is 20.2 Å². The lowest BCUT2D eigenvalue weighted by Gasteiger charge is -2.42. The van der Waals surface area contributed by atoms with Gasteiger partial charge in [0.1, 0.15) is 6.04 Å². The molecule has 1 aromatic rings. The zero-order valence-corrected chi connectivity index (χ0v) is 16.0. The molecule has 0 unspecified atom stereocenters. The fraction of sp³-hybridized carbons (Fsp3) is 0.600. The first-order chi connectivity index (χ1) is 13.0. The Balaban J connectivity index is 1.48. The number of likely N-dealkylation sites (N-methyl/N-ethyl adjacent to an activating group) is 1. The molecule has 2 amide bonds. The number of benzene rings is 1. The number of carboxylic acid groups (broad SMARTS) is 1. The highest BCUT2D eigenvalue weighted by molar-refractivity contribution is 5.82. The molecule has 0 aliphatic carbocycles. The molecule has 2 fully saturated rings. The van der Waals surface area contributed by atoms with E-state index in [9.17, 15) is 14.7 Å². The number of carbonyl (C=O) groups is 2. The summed E-state index contributed by atoms with van der Waals surface area (Å²) in [6, 6.07) is 8.75. The summed E-state index contributed by atoms with van der Waals surface area (Å²) in [5.41, 5.74) is 0.902. The van der Waals surface area contributed by atoms with E-state index in [0.717, 1.165) is 44.6 Å². The van der Waals surface area contributed by atoms with Crippen molar-refractivity contribution in [1.29, 1.82) is 0 Å². The minimum absolute atomic E-state index is 0.268. The fourth-order valence-electron chi connectivity index (χ4n) is 3.91. The molecular weight excluding hydrogens is 344 g/mol. The van der Waals surface area contributed by atoms with Gasteiger partial charge in [-0.05, 0) is 25.5 Å². The zero-order valence-electron chi connectivity index (χ0n) is 16.0. The van der Waals surface area contributed by atoms with Gasteiger partial charge in [0.2, 0.25) is 0 Å². The minimum Gasteiger partial charge on any atom is -0.480 e. The second-order valence-corrected chi connectivity index (χ2v) is 7.59. The van der Waals surface area contributed by atoms with Gasteiger partial charge in [-0.2, -0.15) is 0 Å². The Hall–Kier alpha value is -2.12. The van der Waals surface area contributed by atoms with E-state index in [-0.39, 0.29) is 6.03 Å². The molecule has 2 aliphatic rings. The molecular formula is C20H30N4O3. The van der Waals surface area contributed by atoms with Crippen molar-refractivity contribution in [3.63, 3.8) is 0 Å². The van der Waals surface area contributed by atoms with Crippen LogP contribution in [-0.2, 0) is 11.2 Å². The number of aliphatic carboxylic acids is 1. The van der Waals surface area contributed by atoms with Crippen LogP contribution in [0.1, 0.15) is 18.4 Å². The molecule has 3 rings (SSSR count). The lowest BCUT2D eigenvalue weighted by atomic mass is 10.0. The number of carbonyl (C=O) groups excluding carboxylic acids is 1. The summed E-state index contributed by atoms with van der Waals surface area (Å²) in [4.78, 5) is 30.8. The predicted octanol–water partition coefficient (Wildman–Crippen LogP) is 1.10. The Morgan fingerprint density at radius 2 is 1.70 bits per heavy atom. The molecule has 1 aromatic carbocycles. The number of hydrogen-bond donors (Lipinski definition) is 2. The maximum Gasteiger partial charge on any atom is 0.326 e. The van der Waals surface area contributed by atoms with E-state index in [1.165, 1.54) is 0 Å². The molecule has 7 nitrogen and oxygen atoms in total. The molecule has 0 saturated carbocycles. The van der Waals surface area contributed by atoms with E-state index in [1.54, 1.807) is 4.90 Å². The highest BCUT2D eigenvalue weighted by Gasteiger charge is 2.30. The number of rotatable bonds is 5. The Labute approximate surface area is 160 Å². The van der Waals surface area contributed by atoms with Crippen molar-refractivity contribution >= 4 is 12.0 Å². The van der Waals surface area contributed by atoms with E-state index in [2.05, 4.69) is 22.2 Å². The lowest BCUT2D eigenvalue weighted by Crippen LogP contribution is -2.55. The summed E-state index contributed by atoms with van der Waals surface area (Å²) in [7, 11) is 2.15. The van der Waals surface area contributed by atoms with Gasteiger partial charge in [0, 0.05) is 51.7 Å². The van der Waals surface area contributed by atoms with E-state index >= 15 is 0 Å². The van der Waals surface area contributed by atoms with Crippen molar-refractivity contribution in [3.05, 3.63) is 35.9 Å². The van der Waals surface area contributed by atoms with Crippen LogP contribution in [0, 0.1) is 0 Å². The molecule has 2 N–H and O–H groups in total. The van der Waals surface area contributed by atoms with E-state index in [1.807, 2.05) is 30.3 Å². The first kappa shape index (κ1) is 19.6. The van der Waals surface area contributed by atoms with Crippen LogP contribution in [0.2, 0.25) is 0 Å². The topological polar surface area (TPSA) is 76.1 Å². The van der Waals surface area contributed by atoms with Gasteiger partial charge in [0.05, 0.1) is 0 Å². The van der Waals surface area contributed by atoms with Crippen LogP contribution in [0.3, 0.4) is 0 Å². The van der Waals surface area contributed by atoms with Crippen molar-refractivity contribution in [2.45, 2.75) is 31.3 Å². The van der Waals surface area contributed by atoms with Crippen molar-refractivity contribution in [2.75, 3.05) is 46.3 Å². The number of nitrogens with one attached hydrogen (secondary N) is 1. The average Bonchev–Trinajstić information content (AvgIpc) is 2.69. The second-order valence-electron chi connectivity index (χ2n) is 7.59. The first-order valence-electron chi connectivity index (χ1n) is 9.77. The molecule has 0 spiro atoms. The smallest absolute Gasteiger partial charge is 0.326 e. The number of piperidine rings is 1. The molecule has 0 bridgehead atoms. The Kier molecular flexibility index (Phi) is 6.68. The third-order valence-corrected chi connectivity index (χ3v) is 5.68. The molecule has 2 heterocycles. The number of carboxylic acids is 1. The van der Waals surface area contributed by atoms with Crippen LogP contribution in [0.25, 0.3) is 0 Å². The van der Waals surface area contributed by atoms with Gasteiger partial charge in [-0.25, -0.2) is 9.59 Å². The Bertz CT molecular complexity index is 623. The zero-order chi connectivity index (χ0) is 19.2. The van der Waals surface area contributed by atoms with Crippen molar-refractivity contribution in [3.8, 4) is 0 Å². The monoisotopic (exact) mass is 374 g/mol. The predicted molar refractivity (Wildman–Crippen MR) is 104 cm³/mol. The van der Waals surface area contributed by atoms with Gasteiger partial charge in [0.15, 0.2) is 0 Å². The summed E-state index contributed by atoms with van der Waals surface area (Å²) in [6.07, 6.45) is 2.20. The van der Waals surface area contributed by atoms with Gasteiger partial charge in [0.25, 0.3) is 0 Å². The van der Waals surface area contributed by atoms with E-state index < -0.39 is 12.0 Å². The van der Waals surface area contributed by atoms with Crippen LogP contribution < -0.4 is 5.32 Å². The lowest BCUT2D eigenvalue weighted by molar-refractivity contribution is -0.139. The quantitative estimate of drug-likeness (QED) is 0.807. The first-order valence-corrected chi connectivity index (χ1v) is 9.77. The molecule has 2 saturated heterocycles. The van der Waals surface area contributed by atoms with Gasteiger partial charge in [-0.15, -0.1) is 0 Å². The normalized spacial score (nSPS) is 21.0. The molecule has 2 aliphatic heterocycles. The third kappa shape index (κ3) is 5.43. The molecule has 7 heteroatoms. The van der Waals surface area contributed by atoms with Gasteiger partial charge in [-0.1, -0.05) is 30.3 Å². The van der Waals surface area contributed by atoms with Crippen LogP contribution in [0.5, 0.6) is 0 Å². The summed E-state index contributed by atoms with van der Waals surface area (Å²) in [5.74, 6) is -1.00. The van der Waals surface area contributed by atoms with E-state index in [0.29, 0.717) is 25.6 Å². The number of likely N-dealkylation sites (tertiary alicyclic amines) is 1. The molecule has 1 atom stereocenters. The van der Waals surface area contributed by atoms with Crippen LogP contribution >= 0.6 is 0 Å². The average molecular weight is 374 g/mol. The largest absolute Gasteiger partial charge is 0.480 e. The minimum atomic E-state index is -1.00. The molecule has 148 valence electrons. The number of amides is 2. The number of piperazine rings is 1. The Morgan fingerprint density at radius 3 is 2.30 bits per heavy atom. The van der Waals surface area contributed by atoms with Gasteiger partial charge in [-0.3, -0.25) is 4.90 Å². The number of hydrogen-bond acceptors (Lipinski definition) is 4. The van der Waals surface area contributed by atoms with E-state index in [4.69, 9.17) is 0 Å². The SMILES string of the molecule is CN1CCN(C2CCN(C(=O)N[C@@H](Cc3ccccc3)C(=O)O)CC2)CC1. The van der Waals surface area contributed by atoms with Gasteiger partial charge >= 0.3 is 12.0 Å². The van der Waals surface area contributed by atoms with Crippen LogP contribution in [0.15, 0.2) is 30.3 Å².